The van der Waals surface area contributed by atoms with Crippen LogP contribution in [0.3, 0.4) is 0 Å². The predicted molar refractivity (Wildman–Crippen MR) is 92.8 cm³/mol. The van der Waals surface area contributed by atoms with Gasteiger partial charge >= 0.3 is 0 Å². The third kappa shape index (κ3) is 3.96. The van der Waals surface area contributed by atoms with Crippen molar-refractivity contribution >= 4 is 17.5 Å². The lowest BCUT2D eigenvalue weighted by Crippen LogP contribution is -2.30. The van der Waals surface area contributed by atoms with E-state index in [9.17, 15) is 23.5 Å². The van der Waals surface area contributed by atoms with Gasteiger partial charge in [-0.3, -0.25) is 9.59 Å². The number of carbonyl (C=O) groups is 2. The van der Waals surface area contributed by atoms with Crippen molar-refractivity contribution in [3.63, 3.8) is 0 Å². The first kappa shape index (κ1) is 20.1. The molecular weight excluding hydrogens is 358 g/mol. The maximum absolute atomic E-state index is 13.3. The molecule has 0 aliphatic rings. The minimum absolute atomic E-state index is 0.0611. The topological polar surface area (TPSA) is 107 Å². The number of halogens is 2. The summed E-state index contributed by atoms with van der Waals surface area (Å²) in [7, 11) is 1.58. The Bertz CT molecular complexity index is 947. The quantitative estimate of drug-likeness (QED) is 0.692. The molecule has 0 aliphatic carbocycles. The first-order chi connectivity index (χ1) is 12.7. The fraction of sp³-hybridized carbons (Fsp3) is 0.278. The molecule has 27 heavy (non-hydrogen) atoms. The van der Waals surface area contributed by atoms with Crippen LogP contribution in [0, 0.1) is 36.8 Å². The number of aliphatic hydroxyl groups excluding tert-OH is 1. The lowest BCUT2D eigenvalue weighted by atomic mass is 10.0. The van der Waals surface area contributed by atoms with Gasteiger partial charge in [0.2, 0.25) is 0 Å². The number of rotatable bonds is 5. The molecular formula is C18H18F2N4O3. The number of benzene rings is 1. The molecule has 3 N–H and O–H groups in total. The van der Waals surface area contributed by atoms with Crippen LogP contribution in [0.25, 0.3) is 0 Å². The van der Waals surface area contributed by atoms with Crippen LogP contribution in [0.5, 0.6) is 0 Å². The monoisotopic (exact) mass is 376 g/mol. The van der Waals surface area contributed by atoms with E-state index in [1.807, 2.05) is 0 Å². The number of amides is 2. The van der Waals surface area contributed by atoms with Gasteiger partial charge in [-0.25, -0.2) is 8.78 Å². The molecule has 0 aliphatic heterocycles. The van der Waals surface area contributed by atoms with E-state index >= 15 is 0 Å². The summed E-state index contributed by atoms with van der Waals surface area (Å²) >= 11 is 0. The molecule has 1 unspecified atom stereocenters. The molecule has 0 bridgehead atoms. The van der Waals surface area contributed by atoms with E-state index in [2.05, 4.69) is 10.6 Å². The van der Waals surface area contributed by atoms with Gasteiger partial charge < -0.3 is 20.3 Å². The van der Waals surface area contributed by atoms with Crippen LogP contribution in [-0.4, -0.2) is 28.0 Å². The molecule has 0 spiro atoms. The van der Waals surface area contributed by atoms with Crippen molar-refractivity contribution in [2.75, 3.05) is 11.9 Å². The lowest BCUT2D eigenvalue weighted by Gasteiger charge is -2.11. The molecule has 1 aromatic heterocycles. The number of aromatic nitrogens is 1. The van der Waals surface area contributed by atoms with Gasteiger partial charge in [0.15, 0.2) is 17.7 Å². The van der Waals surface area contributed by atoms with Crippen LogP contribution in [-0.2, 0) is 11.8 Å². The second-order valence-electron chi connectivity index (χ2n) is 5.89. The zero-order chi connectivity index (χ0) is 20.3. The summed E-state index contributed by atoms with van der Waals surface area (Å²) in [6.45, 7) is 2.92. The fourth-order valence-electron chi connectivity index (χ4n) is 2.84. The van der Waals surface area contributed by atoms with Gasteiger partial charge in [-0.2, -0.15) is 5.26 Å². The van der Waals surface area contributed by atoms with Crippen molar-refractivity contribution in [3.8, 4) is 6.07 Å². The first-order valence-electron chi connectivity index (χ1n) is 7.93. The second kappa shape index (κ2) is 7.97. The third-order valence-corrected chi connectivity index (χ3v) is 4.24. The van der Waals surface area contributed by atoms with Crippen LogP contribution in [0.15, 0.2) is 18.2 Å². The Kier molecular flexibility index (Phi) is 5.92. The maximum atomic E-state index is 13.3. The molecule has 1 aromatic carbocycles. The van der Waals surface area contributed by atoms with E-state index in [4.69, 9.17) is 5.26 Å². The molecule has 7 nitrogen and oxygen atoms in total. The Hall–Kier alpha value is -3.25. The molecule has 1 atom stereocenters. The van der Waals surface area contributed by atoms with Gasteiger partial charge in [0.25, 0.3) is 11.8 Å². The van der Waals surface area contributed by atoms with Gasteiger partial charge in [-0.1, -0.05) is 0 Å². The summed E-state index contributed by atoms with van der Waals surface area (Å²) < 4.78 is 27.8. The van der Waals surface area contributed by atoms with E-state index in [0.717, 1.165) is 12.1 Å². The molecule has 2 aromatic rings. The number of anilines is 1. The largest absolute Gasteiger partial charge is 0.378 e. The number of hydrogen-bond donors (Lipinski definition) is 3. The summed E-state index contributed by atoms with van der Waals surface area (Å²) in [5.74, 6) is -3.51. The SMILES string of the molecule is Cc1c(C(O)C(=O)NCC#N)c(C)n(C)c1C(=O)Nc1ccc(F)c(F)c1. The number of nitriles is 1. The van der Waals surface area contributed by atoms with Crippen LogP contribution in [0.4, 0.5) is 14.5 Å². The van der Waals surface area contributed by atoms with Gasteiger partial charge in [-0.05, 0) is 31.5 Å². The molecule has 2 amide bonds. The normalized spacial score (nSPS) is 11.6. The number of nitrogens with one attached hydrogen (secondary N) is 2. The van der Waals surface area contributed by atoms with Crippen LogP contribution < -0.4 is 10.6 Å². The minimum atomic E-state index is -1.56. The Morgan fingerprint density at radius 3 is 2.56 bits per heavy atom. The number of aliphatic hydroxyl groups is 1. The van der Waals surface area contributed by atoms with Crippen molar-refractivity contribution in [1.29, 1.82) is 5.26 Å². The van der Waals surface area contributed by atoms with Crippen LogP contribution >= 0.6 is 0 Å². The highest BCUT2D eigenvalue weighted by Gasteiger charge is 2.28. The van der Waals surface area contributed by atoms with Crippen molar-refractivity contribution in [2.45, 2.75) is 20.0 Å². The van der Waals surface area contributed by atoms with E-state index in [1.165, 1.54) is 10.6 Å². The maximum Gasteiger partial charge on any atom is 0.272 e. The van der Waals surface area contributed by atoms with Crippen molar-refractivity contribution in [2.24, 2.45) is 7.05 Å². The molecule has 0 saturated carbocycles. The van der Waals surface area contributed by atoms with Crippen molar-refractivity contribution in [1.82, 2.24) is 9.88 Å². The standard InChI is InChI=1S/C18H18F2N4O3/c1-9-14(16(25)18(27)22-7-6-21)10(2)24(3)15(9)17(26)23-11-4-5-12(19)13(20)8-11/h4-5,8,16,25H,7H2,1-3H3,(H,22,27)(H,23,26). The lowest BCUT2D eigenvalue weighted by molar-refractivity contribution is -0.129. The van der Waals surface area contributed by atoms with E-state index in [0.29, 0.717) is 11.3 Å². The summed E-state index contributed by atoms with van der Waals surface area (Å²) in [5.41, 5.74) is 1.28. The second-order valence-corrected chi connectivity index (χ2v) is 5.89. The van der Waals surface area contributed by atoms with Crippen molar-refractivity contribution < 1.29 is 23.5 Å². The predicted octanol–water partition coefficient (Wildman–Crippen LogP) is 1.85. The van der Waals surface area contributed by atoms with E-state index < -0.39 is 29.6 Å². The first-order valence-corrected chi connectivity index (χ1v) is 7.93. The number of hydrogen-bond acceptors (Lipinski definition) is 4. The van der Waals surface area contributed by atoms with Crippen LogP contribution in [0.2, 0.25) is 0 Å². The van der Waals surface area contributed by atoms with Gasteiger partial charge in [-0.15, -0.1) is 0 Å². The van der Waals surface area contributed by atoms with Crippen molar-refractivity contribution in [3.05, 3.63) is 52.3 Å². The van der Waals surface area contributed by atoms with Gasteiger partial charge in [0, 0.05) is 30.1 Å². The summed E-state index contributed by atoms with van der Waals surface area (Å²) in [5, 5.41) is 23.5. The smallest absolute Gasteiger partial charge is 0.272 e. The van der Waals surface area contributed by atoms with Crippen LogP contribution in [0.1, 0.15) is 33.4 Å². The van der Waals surface area contributed by atoms with E-state index in [1.54, 1.807) is 27.0 Å². The van der Waals surface area contributed by atoms with Gasteiger partial charge in [0.1, 0.15) is 12.2 Å². The van der Waals surface area contributed by atoms with E-state index in [-0.39, 0.29) is 23.5 Å². The third-order valence-electron chi connectivity index (χ3n) is 4.24. The number of nitrogens with zero attached hydrogens (tertiary/aromatic N) is 2. The molecule has 9 heteroatoms. The highest BCUT2D eigenvalue weighted by Crippen LogP contribution is 2.28. The fourth-order valence-corrected chi connectivity index (χ4v) is 2.84. The summed E-state index contributed by atoms with van der Waals surface area (Å²) in [4.78, 5) is 24.6. The van der Waals surface area contributed by atoms with Gasteiger partial charge in [0.05, 0.1) is 6.07 Å². The molecule has 1 heterocycles. The molecule has 2 rings (SSSR count). The Balaban J connectivity index is 2.35. The summed E-state index contributed by atoms with van der Waals surface area (Å²) in [6, 6.07) is 4.69. The Morgan fingerprint density at radius 1 is 1.30 bits per heavy atom. The molecule has 0 saturated heterocycles. The zero-order valence-corrected chi connectivity index (χ0v) is 14.9. The number of carbonyl (C=O) groups excluding carboxylic acids is 2. The highest BCUT2D eigenvalue weighted by atomic mass is 19.2. The highest BCUT2D eigenvalue weighted by molar-refractivity contribution is 6.05. The Morgan fingerprint density at radius 2 is 1.96 bits per heavy atom. The molecule has 0 fully saturated rings. The average molecular weight is 376 g/mol. The Labute approximate surface area is 154 Å². The molecule has 0 radical (unpaired) electrons. The zero-order valence-electron chi connectivity index (χ0n) is 14.9. The summed E-state index contributed by atoms with van der Waals surface area (Å²) in [6.07, 6.45) is -1.56. The average Bonchev–Trinajstić information content (AvgIpc) is 2.84. The molecule has 142 valence electrons. The minimum Gasteiger partial charge on any atom is -0.378 e.